The van der Waals surface area contributed by atoms with Crippen LogP contribution < -0.4 is 4.74 Å². The summed E-state index contributed by atoms with van der Waals surface area (Å²) in [7, 11) is 0. The summed E-state index contributed by atoms with van der Waals surface area (Å²) in [6, 6.07) is 3.30. The third-order valence-corrected chi connectivity index (χ3v) is 8.23. The van der Waals surface area contributed by atoms with Crippen LogP contribution in [0.25, 0.3) is 5.57 Å². The number of unbranched alkanes of at least 4 members (excludes halogenated alkanes) is 3. The second-order valence-corrected chi connectivity index (χ2v) is 10.2. The van der Waals surface area contributed by atoms with Crippen molar-refractivity contribution in [1.82, 2.24) is 0 Å². The Morgan fingerprint density at radius 1 is 0.906 bits per heavy atom. The van der Waals surface area contributed by atoms with Gasteiger partial charge in [0.2, 0.25) is 5.82 Å². The van der Waals surface area contributed by atoms with Gasteiger partial charge in [0.25, 0.3) is 0 Å². The molecule has 0 N–H and O–H groups in total. The first-order valence-electron chi connectivity index (χ1n) is 13.1. The molecule has 0 saturated heterocycles. The minimum atomic E-state index is -0.844. The van der Waals surface area contributed by atoms with Crippen LogP contribution in [0.15, 0.2) is 29.9 Å². The highest BCUT2D eigenvalue weighted by Crippen LogP contribution is 2.53. The van der Waals surface area contributed by atoms with Gasteiger partial charge in [0.1, 0.15) is 0 Å². The van der Waals surface area contributed by atoms with Gasteiger partial charge in [-0.2, -0.15) is 4.39 Å². The summed E-state index contributed by atoms with van der Waals surface area (Å²) in [6.07, 6.45) is 18.9. The number of hydrogen-bond donors (Lipinski definition) is 0. The van der Waals surface area contributed by atoms with E-state index >= 15 is 0 Å². The lowest BCUT2D eigenvalue weighted by molar-refractivity contribution is 0.288. The minimum Gasteiger partial charge on any atom is -0.490 e. The third kappa shape index (κ3) is 4.97. The Labute approximate surface area is 193 Å². The largest absolute Gasteiger partial charge is 0.490 e. The average Bonchev–Trinajstić information content (AvgIpc) is 3.40. The lowest BCUT2D eigenvalue weighted by atomic mass is 9.77. The molecule has 3 aliphatic carbocycles. The highest BCUT2D eigenvalue weighted by atomic mass is 19.2. The van der Waals surface area contributed by atoms with E-state index in [1.54, 1.807) is 17.7 Å². The van der Waals surface area contributed by atoms with Gasteiger partial charge in [-0.25, -0.2) is 4.39 Å². The van der Waals surface area contributed by atoms with Crippen molar-refractivity contribution in [2.24, 2.45) is 23.7 Å². The summed E-state index contributed by atoms with van der Waals surface area (Å²) in [5.41, 5.74) is 3.06. The summed E-state index contributed by atoms with van der Waals surface area (Å²) in [5.74, 6) is 1.61. The number of hydrogen-bond acceptors (Lipinski definition) is 1. The molecule has 1 nitrogen and oxygen atoms in total. The Kier molecular flexibility index (Phi) is 8.07. The molecule has 0 amide bonds. The summed E-state index contributed by atoms with van der Waals surface area (Å²) >= 11 is 0. The SMILES string of the molecule is CCCCCC1CCC2C(C3CC=C(c4ccc(OCCCC)c(F)c4F)CC3)=CCC12. The molecule has 0 aromatic heterocycles. The van der Waals surface area contributed by atoms with Crippen LogP contribution in [0.5, 0.6) is 5.75 Å². The van der Waals surface area contributed by atoms with Crippen LogP contribution in [0.3, 0.4) is 0 Å². The van der Waals surface area contributed by atoms with Gasteiger partial charge < -0.3 is 4.74 Å². The van der Waals surface area contributed by atoms with E-state index in [0.29, 0.717) is 18.1 Å². The lowest BCUT2D eigenvalue weighted by Crippen LogP contribution is -2.17. The fourth-order valence-corrected chi connectivity index (χ4v) is 6.43. The molecule has 4 rings (SSSR count). The maximum absolute atomic E-state index is 14.8. The van der Waals surface area contributed by atoms with Crippen LogP contribution in [0.1, 0.15) is 96.5 Å². The van der Waals surface area contributed by atoms with Gasteiger partial charge in [0.05, 0.1) is 6.61 Å². The molecule has 3 heteroatoms. The maximum atomic E-state index is 14.8. The molecule has 4 atom stereocenters. The van der Waals surface area contributed by atoms with E-state index in [9.17, 15) is 8.78 Å². The van der Waals surface area contributed by atoms with Crippen LogP contribution in [-0.4, -0.2) is 6.61 Å². The molecule has 0 heterocycles. The van der Waals surface area contributed by atoms with Gasteiger partial charge in [-0.05, 0) is 86.3 Å². The van der Waals surface area contributed by atoms with Crippen LogP contribution in [-0.2, 0) is 0 Å². The van der Waals surface area contributed by atoms with E-state index in [1.807, 2.05) is 6.92 Å². The van der Waals surface area contributed by atoms with E-state index in [1.165, 1.54) is 44.9 Å². The molecule has 1 aromatic carbocycles. The number of ether oxygens (including phenoxy) is 1. The fourth-order valence-electron chi connectivity index (χ4n) is 6.43. The fraction of sp³-hybridized carbons (Fsp3) is 0.655. The molecule has 0 bridgehead atoms. The Bertz CT molecular complexity index is 840. The van der Waals surface area contributed by atoms with Crippen LogP contribution >= 0.6 is 0 Å². The molecule has 32 heavy (non-hydrogen) atoms. The first kappa shape index (κ1) is 23.5. The molecular formula is C29H40F2O. The minimum absolute atomic E-state index is 0.0332. The predicted molar refractivity (Wildman–Crippen MR) is 129 cm³/mol. The van der Waals surface area contributed by atoms with Crippen LogP contribution in [0.2, 0.25) is 0 Å². The molecular weight excluding hydrogens is 402 g/mol. The Balaban J connectivity index is 1.37. The molecule has 4 unspecified atom stereocenters. The molecule has 0 aliphatic heterocycles. The van der Waals surface area contributed by atoms with E-state index < -0.39 is 11.6 Å². The quantitative estimate of drug-likeness (QED) is 0.260. The zero-order valence-electron chi connectivity index (χ0n) is 20.0. The molecule has 1 saturated carbocycles. The molecule has 0 spiro atoms. The van der Waals surface area contributed by atoms with E-state index in [-0.39, 0.29) is 5.75 Å². The highest BCUT2D eigenvalue weighted by molar-refractivity contribution is 5.67. The number of allylic oxidation sites excluding steroid dienone is 4. The average molecular weight is 443 g/mol. The first-order valence-corrected chi connectivity index (χ1v) is 13.1. The summed E-state index contributed by atoms with van der Waals surface area (Å²) < 4.78 is 34.7. The highest BCUT2D eigenvalue weighted by Gasteiger charge is 2.42. The second-order valence-electron chi connectivity index (χ2n) is 10.2. The molecule has 0 radical (unpaired) electrons. The Hall–Kier alpha value is -1.64. The zero-order valence-corrected chi connectivity index (χ0v) is 20.0. The number of halogens is 2. The molecule has 1 aromatic rings. The first-order chi connectivity index (χ1) is 15.6. The standard InChI is InChI=1S/C29H40F2O/c1-3-5-7-8-20-13-14-26-23(20)15-16-24(26)21-9-11-22(12-10-21)25-17-18-27(29(31)28(25)30)32-19-6-4-2/h11,16-18,20-21,23,26H,3-10,12-15,19H2,1-2H3. The van der Waals surface area contributed by atoms with Crippen molar-refractivity contribution in [3.05, 3.63) is 47.1 Å². The molecule has 3 aliphatic rings. The Morgan fingerprint density at radius 2 is 1.75 bits per heavy atom. The van der Waals surface area contributed by atoms with Gasteiger partial charge in [-0.15, -0.1) is 0 Å². The summed E-state index contributed by atoms with van der Waals surface area (Å²) in [5, 5.41) is 0. The summed E-state index contributed by atoms with van der Waals surface area (Å²) in [6.45, 7) is 4.76. The van der Waals surface area contributed by atoms with E-state index in [0.717, 1.165) is 55.4 Å². The number of rotatable bonds is 10. The predicted octanol–water partition coefficient (Wildman–Crippen LogP) is 8.88. The second kappa shape index (κ2) is 11.0. The van der Waals surface area contributed by atoms with E-state index in [4.69, 9.17) is 4.74 Å². The lowest BCUT2D eigenvalue weighted by Gasteiger charge is -2.28. The number of fused-ring (bicyclic) bond motifs is 1. The van der Waals surface area contributed by atoms with Crippen LogP contribution in [0, 0.1) is 35.3 Å². The van der Waals surface area contributed by atoms with Gasteiger partial charge in [-0.1, -0.05) is 63.7 Å². The zero-order chi connectivity index (χ0) is 22.5. The maximum Gasteiger partial charge on any atom is 0.201 e. The van der Waals surface area contributed by atoms with Gasteiger partial charge in [0, 0.05) is 5.56 Å². The van der Waals surface area contributed by atoms with Gasteiger partial charge in [0.15, 0.2) is 11.6 Å². The van der Waals surface area contributed by atoms with Crippen molar-refractivity contribution in [2.75, 3.05) is 6.61 Å². The van der Waals surface area contributed by atoms with Crippen molar-refractivity contribution in [3.63, 3.8) is 0 Å². The van der Waals surface area contributed by atoms with Crippen molar-refractivity contribution in [3.8, 4) is 5.75 Å². The monoisotopic (exact) mass is 442 g/mol. The van der Waals surface area contributed by atoms with Crippen molar-refractivity contribution < 1.29 is 13.5 Å². The normalized spacial score (nSPS) is 27.2. The van der Waals surface area contributed by atoms with Crippen LogP contribution in [0.4, 0.5) is 8.78 Å². The topological polar surface area (TPSA) is 9.23 Å². The third-order valence-electron chi connectivity index (χ3n) is 8.23. The Morgan fingerprint density at radius 3 is 2.50 bits per heavy atom. The number of benzene rings is 1. The van der Waals surface area contributed by atoms with Gasteiger partial charge >= 0.3 is 0 Å². The van der Waals surface area contributed by atoms with E-state index in [2.05, 4.69) is 19.1 Å². The van der Waals surface area contributed by atoms with Crippen molar-refractivity contribution in [1.29, 1.82) is 0 Å². The molecule has 176 valence electrons. The molecule has 1 fully saturated rings. The smallest absolute Gasteiger partial charge is 0.201 e. The van der Waals surface area contributed by atoms with Crippen molar-refractivity contribution in [2.45, 2.75) is 90.9 Å². The van der Waals surface area contributed by atoms with Crippen molar-refractivity contribution >= 4 is 5.57 Å². The summed E-state index contributed by atoms with van der Waals surface area (Å²) in [4.78, 5) is 0. The van der Waals surface area contributed by atoms with Gasteiger partial charge in [-0.3, -0.25) is 0 Å².